The van der Waals surface area contributed by atoms with Crippen LogP contribution in [0.4, 0.5) is 11.5 Å². The zero-order chi connectivity index (χ0) is 28.0. The lowest BCUT2D eigenvalue weighted by Gasteiger charge is -2.27. The number of sulfonamides is 1. The van der Waals surface area contributed by atoms with Crippen LogP contribution in [0.15, 0.2) is 41.4 Å². The van der Waals surface area contributed by atoms with Gasteiger partial charge in [-0.1, -0.05) is 17.7 Å². The van der Waals surface area contributed by atoms with Crippen molar-refractivity contribution in [1.82, 2.24) is 9.71 Å². The standard InChI is InChI=1S/C27H35ClN4O6S/c1-26(2,3)37-20-10-14-31(17-20)21-8-7-18(28)15-22(21)38-27(11-12-27)25(34)30-39(35,36)24-6-4-5-23(29-24)32-13-9-19(33)16-32/h4-8,15,19-20,33H,9-14,16-17H2,1-3H3,(H,30,34)/t19-,20?/m0/s1. The van der Waals surface area contributed by atoms with Gasteiger partial charge in [0.1, 0.15) is 11.6 Å². The van der Waals surface area contributed by atoms with E-state index >= 15 is 0 Å². The normalized spacial score (nSPS) is 22.7. The van der Waals surface area contributed by atoms with Crippen LogP contribution in [0.2, 0.25) is 5.02 Å². The van der Waals surface area contributed by atoms with Crippen molar-refractivity contribution in [3.63, 3.8) is 0 Å². The molecule has 2 aliphatic heterocycles. The van der Waals surface area contributed by atoms with Crippen LogP contribution in [-0.4, -0.2) is 74.0 Å². The second-order valence-corrected chi connectivity index (χ2v) is 13.5. The zero-order valence-corrected chi connectivity index (χ0v) is 24.0. The summed E-state index contributed by atoms with van der Waals surface area (Å²) < 4.78 is 40.8. The minimum atomic E-state index is -4.25. The molecule has 1 amide bonds. The van der Waals surface area contributed by atoms with Crippen molar-refractivity contribution in [3.05, 3.63) is 41.4 Å². The van der Waals surface area contributed by atoms with E-state index < -0.39 is 27.6 Å². The molecule has 2 N–H and O–H groups in total. The largest absolute Gasteiger partial charge is 0.475 e. The summed E-state index contributed by atoms with van der Waals surface area (Å²) in [5, 5.41) is 10.00. The van der Waals surface area contributed by atoms with E-state index in [2.05, 4.69) is 14.6 Å². The van der Waals surface area contributed by atoms with Gasteiger partial charge in [-0.15, -0.1) is 0 Å². The monoisotopic (exact) mass is 578 g/mol. The van der Waals surface area contributed by atoms with E-state index in [0.717, 1.165) is 18.7 Å². The highest BCUT2D eigenvalue weighted by Gasteiger charge is 2.54. The molecule has 3 heterocycles. The van der Waals surface area contributed by atoms with E-state index in [1.165, 1.54) is 6.07 Å². The molecule has 2 aromatic rings. The summed E-state index contributed by atoms with van der Waals surface area (Å²) in [7, 11) is -4.25. The Hall–Kier alpha value is -2.60. The van der Waals surface area contributed by atoms with Gasteiger partial charge in [0.25, 0.3) is 15.9 Å². The van der Waals surface area contributed by atoms with Crippen molar-refractivity contribution in [2.75, 3.05) is 36.0 Å². The van der Waals surface area contributed by atoms with Crippen LogP contribution in [-0.2, 0) is 19.6 Å². The number of amides is 1. The first-order valence-corrected chi connectivity index (χ1v) is 15.1. The van der Waals surface area contributed by atoms with Gasteiger partial charge in [-0.25, -0.2) is 9.71 Å². The number of pyridine rings is 1. The van der Waals surface area contributed by atoms with Crippen molar-refractivity contribution in [3.8, 4) is 5.75 Å². The van der Waals surface area contributed by atoms with Crippen LogP contribution < -0.4 is 19.3 Å². The number of ether oxygens (including phenoxy) is 2. The number of halogens is 1. The molecule has 1 aromatic carbocycles. The van der Waals surface area contributed by atoms with Gasteiger partial charge in [-0.3, -0.25) is 4.79 Å². The van der Waals surface area contributed by atoms with E-state index in [9.17, 15) is 18.3 Å². The lowest BCUT2D eigenvalue weighted by Crippen LogP contribution is -2.43. The van der Waals surface area contributed by atoms with Gasteiger partial charge in [0.15, 0.2) is 10.6 Å². The molecule has 5 rings (SSSR count). The van der Waals surface area contributed by atoms with Gasteiger partial charge in [0.05, 0.1) is 23.5 Å². The number of nitrogens with one attached hydrogen (secondary N) is 1. The molecular formula is C27H35ClN4O6S. The molecule has 39 heavy (non-hydrogen) atoms. The van der Waals surface area contributed by atoms with Crippen LogP contribution in [0.25, 0.3) is 0 Å². The first kappa shape index (κ1) is 27.9. The predicted octanol–water partition coefficient (Wildman–Crippen LogP) is 3.12. The fraction of sp³-hybridized carbons (Fsp3) is 0.556. The smallest absolute Gasteiger partial charge is 0.281 e. The second-order valence-electron chi connectivity index (χ2n) is 11.5. The van der Waals surface area contributed by atoms with Crippen molar-refractivity contribution >= 4 is 39.0 Å². The molecule has 1 aromatic heterocycles. The fourth-order valence-electron chi connectivity index (χ4n) is 5.02. The number of β-amino-alcohol motifs (C(OH)–C–C–N with tert-alkyl or cyclic N) is 1. The SMILES string of the molecule is CC(C)(C)OC1CCN(c2ccc(Cl)cc2OC2(C(=O)NS(=O)(=O)c3cccc(N4CC[C@H](O)C4)n3)CC2)C1. The minimum absolute atomic E-state index is 0.0592. The number of nitrogens with zero attached hydrogens (tertiary/aromatic N) is 3. The Labute approximate surface area is 234 Å². The van der Waals surface area contributed by atoms with Crippen LogP contribution in [0.3, 0.4) is 0 Å². The summed E-state index contributed by atoms with van der Waals surface area (Å²) in [6.45, 7) is 8.45. The Morgan fingerprint density at radius 1 is 1.13 bits per heavy atom. The Kier molecular flexibility index (Phi) is 7.47. The topological polar surface area (TPSA) is 121 Å². The van der Waals surface area contributed by atoms with Gasteiger partial charge in [0, 0.05) is 50.1 Å². The Morgan fingerprint density at radius 3 is 2.54 bits per heavy atom. The molecule has 2 atom stereocenters. The van der Waals surface area contributed by atoms with E-state index in [4.69, 9.17) is 21.1 Å². The van der Waals surface area contributed by atoms with Gasteiger partial charge < -0.3 is 24.4 Å². The molecule has 3 aliphatic rings. The molecule has 1 saturated carbocycles. The summed E-state index contributed by atoms with van der Waals surface area (Å²) in [5.41, 5.74) is -0.792. The molecule has 2 saturated heterocycles. The maximum Gasteiger partial charge on any atom is 0.281 e. The third-order valence-corrected chi connectivity index (χ3v) is 8.52. The Morgan fingerprint density at radius 2 is 1.87 bits per heavy atom. The number of aromatic nitrogens is 1. The number of carbonyl (C=O) groups excluding carboxylic acids is 1. The first-order chi connectivity index (χ1) is 18.3. The van der Waals surface area contributed by atoms with Crippen LogP contribution >= 0.6 is 11.6 Å². The molecule has 1 aliphatic carbocycles. The lowest BCUT2D eigenvalue weighted by molar-refractivity contribution is -0.127. The van der Waals surface area contributed by atoms with Gasteiger partial charge >= 0.3 is 0 Å². The first-order valence-electron chi connectivity index (χ1n) is 13.2. The highest BCUT2D eigenvalue weighted by molar-refractivity contribution is 7.90. The van der Waals surface area contributed by atoms with Crippen molar-refractivity contribution in [1.29, 1.82) is 0 Å². The number of aliphatic hydroxyl groups is 1. The minimum Gasteiger partial charge on any atom is -0.475 e. The summed E-state index contributed by atoms with van der Waals surface area (Å²) in [6, 6.07) is 9.87. The van der Waals surface area contributed by atoms with Crippen LogP contribution in [0, 0.1) is 0 Å². The van der Waals surface area contributed by atoms with Crippen LogP contribution in [0.5, 0.6) is 5.75 Å². The molecule has 212 valence electrons. The highest BCUT2D eigenvalue weighted by atomic mass is 35.5. The summed E-state index contributed by atoms with van der Waals surface area (Å²) in [5.74, 6) is 0.117. The Bertz CT molecular complexity index is 1340. The summed E-state index contributed by atoms with van der Waals surface area (Å²) in [6.07, 6.45) is 1.76. The van der Waals surface area contributed by atoms with Crippen LogP contribution in [0.1, 0.15) is 46.5 Å². The number of anilines is 2. The molecule has 12 heteroatoms. The second kappa shape index (κ2) is 10.4. The third kappa shape index (κ3) is 6.42. The van der Waals surface area contributed by atoms with Crippen molar-refractivity contribution in [2.45, 2.75) is 74.9 Å². The number of hydrogen-bond acceptors (Lipinski definition) is 9. The number of aliphatic hydroxyl groups excluding tert-OH is 1. The number of benzene rings is 1. The molecule has 0 bridgehead atoms. The van der Waals surface area contributed by atoms with Crippen molar-refractivity contribution < 1.29 is 27.8 Å². The third-order valence-electron chi connectivity index (χ3n) is 7.05. The van der Waals surface area contributed by atoms with Gasteiger partial charge in [0.2, 0.25) is 0 Å². The maximum atomic E-state index is 13.3. The molecule has 0 spiro atoms. The zero-order valence-electron chi connectivity index (χ0n) is 22.4. The number of hydrogen-bond donors (Lipinski definition) is 2. The van der Waals surface area contributed by atoms with E-state index in [1.54, 1.807) is 24.3 Å². The summed E-state index contributed by atoms with van der Waals surface area (Å²) >= 11 is 6.28. The van der Waals surface area contributed by atoms with E-state index in [0.29, 0.717) is 55.5 Å². The average Bonchev–Trinajstić information content (AvgIpc) is 3.28. The number of carbonyl (C=O) groups is 1. The van der Waals surface area contributed by atoms with E-state index in [1.807, 2.05) is 31.7 Å². The summed E-state index contributed by atoms with van der Waals surface area (Å²) in [4.78, 5) is 21.5. The predicted molar refractivity (Wildman–Crippen MR) is 148 cm³/mol. The lowest BCUT2D eigenvalue weighted by atomic mass is 10.2. The highest BCUT2D eigenvalue weighted by Crippen LogP contribution is 2.45. The number of rotatable bonds is 8. The van der Waals surface area contributed by atoms with E-state index in [-0.39, 0.29) is 16.7 Å². The molecular weight excluding hydrogens is 544 g/mol. The Balaban J connectivity index is 1.30. The van der Waals surface area contributed by atoms with Gasteiger partial charge in [-0.05, 0) is 57.9 Å². The fourth-order valence-corrected chi connectivity index (χ4v) is 6.19. The maximum absolute atomic E-state index is 13.3. The van der Waals surface area contributed by atoms with Gasteiger partial charge in [-0.2, -0.15) is 8.42 Å². The molecule has 0 radical (unpaired) electrons. The molecule has 3 fully saturated rings. The molecule has 10 nitrogen and oxygen atoms in total. The average molecular weight is 579 g/mol. The molecule has 1 unspecified atom stereocenters. The van der Waals surface area contributed by atoms with Crippen molar-refractivity contribution in [2.24, 2.45) is 0 Å². The quantitative estimate of drug-likeness (QED) is 0.486.